The van der Waals surface area contributed by atoms with Crippen molar-refractivity contribution in [3.8, 4) is 11.3 Å². The monoisotopic (exact) mass is 513 g/mol. The number of anilines is 1. The van der Waals surface area contributed by atoms with Gasteiger partial charge < -0.3 is 19.3 Å². The molecule has 7 nitrogen and oxygen atoms in total. The van der Waals surface area contributed by atoms with Crippen molar-refractivity contribution >= 4 is 35.0 Å². The maximum Gasteiger partial charge on any atom is 0.337 e. The zero-order chi connectivity index (χ0) is 24.1. The largest absolute Gasteiger partial charge is 0.478 e. The Labute approximate surface area is 213 Å². The molecule has 2 aromatic heterocycles. The number of carboxylic acids is 1. The number of piperidine rings is 1. The predicted octanol–water partition coefficient (Wildman–Crippen LogP) is 6.34. The van der Waals surface area contributed by atoms with Crippen LogP contribution in [-0.4, -0.2) is 39.4 Å². The van der Waals surface area contributed by atoms with Crippen LogP contribution in [0.25, 0.3) is 11.3 Å². The van der Waals surface area contributed by atoms with E-state index in [-0.39, 0.29) is 11.7 Å². The van der Waals surface area contributed by atoms with Gasteiger partial charge in [0.05, 0.1) is 28.3 Å². The molecule has 35 heavy (non-hydrogen) atoms. The zero-order valence-electron chi connectivity index (χ0n) is 19.0. The van der Waals surface area contributed by atoms with Crippen molar-refractivity contribution in [2.24, 2.45) is 0 Å². The fraction of sp³-hybridized carbons (Fsp3) is 0.423. The van der Waals surface area contributed by atoms with Crippen LogP contribution in [0.3, 0.4) is 0 Å². The molecule has 1 aromatic carbocycles. The van der Waals surface area contributed by atoms with Gasteiger partial charge in [-0.1, -0.05) is 34.4 Å². The van der Waals surface area contributed by atoms with Crippen LogP contribution in [0, 0.1) is 0 Å². The molecule has 0 radical (unpaired) electrons. The summed E-state index contributed by atoms with van der Waals surface area (Å²) in [6.07, 6.45) is 7.67. The standard InChI is InChI=1S/C26H25Cl2N3O4/c27-20-2-1-3-21(28)23(20)24-19(25(35-30-24)14-4-5-14)13-34-18-10-16-7-8-17(11-18)31(16)22-9-6-15(12-29-22)26(32)33/h1-3,6,9,12,14,16-18H,4-5,7-8,10-11,13H2,(H,32,33). The van der Waals surface area contributed by atoms with E-state index in [1.54, 1.807) is 6.07 Å². The molecule has 4 heterocycles. The average molecular weight is 514 g/mol. The van der Waals surface area contributed by atoms with Crippen LogP contribution in [0.2, 0.25) is 10.0 Å². The van der Waals surface area contributed by atoms with Crippen LogP contribution >= 0.6 is 23.2 Å². The van der Waals surface area contributed by atoms with Crippen LogP contribution < -0.4 is 4.90 Å². The van der Waals surface area contributed by atoms with E-state index in [1.807, 2.05) is 24.3 Å². The lowest BCUT2D eigenvalue weighted by molar-refractivity contribution is 0.0146. The molecule has 1 aliphatic carbocycles. The molecule has 182 valence electrons. The normalized spacial score (nSPS) is 23.6. The number of hydrogen-bond donors (Lipinski definition) is 1. The third kappa shape index (κ3) is 4.30. The summed E-state index contributed by atoms with van der Waals surface area (Å²) >= 11 is 13.0. The van der Waals surface area contributed by atoms with Crippen molar-refractivity contribution in [1.29, 1.82) is 0 Å². The minimum absolute atomic E-state index is 0.110. The number of benzene rings is 1. The van der Waals surface area contributed by atoms with E-state index in [1.165, 1.54) is 6.20 Å². The molecular formula is C26H25Cl2N3O4. The number of pyridine rings is 1. The first-order valence-corrected chi connectivity index (χ1v) is 12.8. The number of halogens is 2. The van der Waals surface area contributed by atoms with Gasteiger partial charge in [-0.3, -0.25) is 0 Å². The van der Waals surface area contributed by atoms with E-state index in [0.29, 0.717) is 45.9 Å². The van der Waals surface area contributed by atoms with Gasteiger partial charge in [-0.25, -0.2) is 9.78 Å². The molecule has 0 spiro atoms. The quantitative estimate of drug-likeness (QED) is 0.394. The van der Waals surface area contributed by atoms with E-state index in [4.69, 9.17) is 37.6 Å². The predicted molar refractivity (Wildman–Crippen MR) is 132 cm³/mol. The van der Waals surface area contributed by atoms with Gasteiger partial charge in [-0.05, 0) is 62.8 Å². The third-order valence-corrected chi connectivity index (χ3v) is 8.01. The molecule has 3 aliphatic rings. The number of carbonyl (C=O) groups is 1. The smallest absolute Gasteiger partial charge is 0.337 e. The number of hydrogen-bond acceptors (Lipinski definition) is 6. The highest BCUT2D eigenvalue weighted by atomic mass is 35.5. The highest BCUT2D eigenvalue weighted by Crippen LogP contribution is 2.46. The van der Waals surface area contributed by atoms with Crippen molar-refractivity contribution in [3.63, 3.8) is 0 Å². The number of rotatable bonds is 7. The van der Waals surface area contributed by atoms with E-state index in [9.17, 15) is 4.79 Å². The molecule has 2 atom stereocenters. The molecule has 3 aromatic rings. The van der Waals surface area contributed by atoms with Crippen molar-refractivity contribution < 1.29 is 19.2 Å². The topological polar surface area (TPSA) is 88.7 Å². The Morgan fingerprint density at radius 3 is 2.40 bits per heavy atom. The van der Waals surface area contributed by atoms with Crippen LogP contribution in [-0.2, 0) is 11.3 Å². The Kier molecular flexibility index (Phi) is 5.95. The van der Waals surface area contributed by atoms with Gasteiger partial charge in [0, 0.05) is 35.3 Å². The van der Waals surface area contributed by atoms with Gasteiger partial charge in [0.1, 0.15) is 17.3 Å². The first-order valence-electron chi connectivity index (χ1n) is 12.0. The molecule has 6 rings (SSSR count). The minimum Gasteiger partial charge on any atom is -0.478 e. The summed E-state index contributed by atoms with van der Waals surface area (Å²) in [6, 6.07) is 9.52. The van der Waals surface area contributed by atoms with Gasteiger partial charge >= 0.3 is 5.97 Å². The molecule has 2 saturated heterocycles. The summed E-state index contributed by atoms with van der Waals surface area (Å²) in [5.74, 6) is 1.15. The lowest BCUT2D eigenvalue weighted by Gasteiger charge is -2.39. The molecule has 2 unspecified atom stereocenters. The third-order valence-electron chi connectivity index (χ3n) is 7.38. The van der Waals surface area contributed by atoms with Crippen molar-refractivity contribution in [2.45, 2.75) is 69.2 Å². The van der Waals surface area contributed by atoms with Crippen LogP contribution in [0.15, 0.2) is 41.1 Å². The molecule has 3 fully saturated rings. The Balaban J connectivity index is 1.19. The molecule has 9 heteroatoms. The summed E-state index contributed by atoms with van der Waals surface area (Å²) in [6.45, 7) is 0.405. The number of aromatic carboxylic acids is 1. The number of ether oxygens (including phenoxy) is 1. The fourth-order valence-corrected chi connectivity index (χ4v) is 6.13. The molecule has 1 saturated carbocycles. The number of fused-ring (bicyclic) bond motifs is 2. The number of nitrogens with zero attached hydrogens (tertiary/aromatic N) is 3. The zero-order valence-corrected chi connectivity index (χ0v) is 20.5. The van der Waals surface area contributed by atoms with Gasteiger partial charge in [0.2, 0.25) is 0 Å². The highest BCUT2D eigenvalue weighted by molar-refractivity contribution is 6.39. The summed E-state index contributed by atoms with van der Waals surface area (Å²) < 4.78 is 12.3. The van der Waals surface area contributed by atoms with Crippen LogP contribution in [0.4, 0.5) is 5.82 Å². The van der Waals surface area contributed by atoms with Gasteiger partial charge in [0.25, 0.3) is 0 Å². The van der Waals surface area contributed by atoms with Crippen LogP contribution in [0.5, 0.6) is 0 Å². The Morgan fingerprint density at radius 2 is 1.80 bits per heavy atom. The maximum atomic E-state index is 11.2. The summed E-state index contributed by atoms with van der Waals surface area (Å²) in [4.78, 5) is 17.9. The second kappa shape index (κ2) is 9.12. The highest BCUT2D eigenvalue weighted by Gasteiger charge is 2.42. The average Bonchev–Trinajstić information content (AvgIpc) is 3.55. The molecule has 1 N–H and O–H groups in total. The van der Waals surface area contributed by atoms with E-state index >= 15 is 0 Å². The Hall–Kier alpha value is -2.61. The first kappa shape index (κ1) is 22.8. The van der Waals surface area contributed by atoms with E-state index in [0.717, 1.165) is 55.7 Å². The lowest BCUT2D eigenvalue weighted by Crippen LogP contribution is -2.46. The summed E-state index contributed by atoms with van der Waals surface area (Å²) in [5.41, 5.74) is 2.51. The summed E-state index contributed by atoms with van der Waals surface area (Å²) in [7, 11) is 0. The first-order chi connectivity index (χ1) is 17.0. The molecule has 2 bridgehead atoms. The lowest BCUT2D eigenvalue weighted by atomic mass is 9.99. The van der Waals surface area contributed by atoms with E-state index in [2.05, 4.69) is 15.0 Å². The van der Waals surface area contributed by atoms with Crippen molar-refractivity contribution in [1.82, 2.24) is 10.1 Å². The Morgan fingerprint density at radius 1 is 1.09 bits per heavy atom. The van der Waals surface area contributed by atoms with Crippen LogP contribution in [0.1, 0.15) is 66.1 Å². The molecular weight excluding hydrogens is 489 g/mol. The van der Waals surface area contributed by atoms with Gasteiger partial charge in [-0.2, -0.15) is 0 Å². The Bertz CT molecular complexity index is 1220. The van der Waals surface area contributed by atoms with Gasteiger partial charge in [-0.15, -0.1) is 0 Å². The van der Waals surface area contributed by atoms with E-state index < -0.39 is 5.97 Å². The maximum absolute atomic E-state index is 11.2. The second-order valence-electron chi connectivity index (χ2n) is 9.65. The molecule has 2 aliphatic heterocycles. The second-order valence-corrected chi connectivity index (χ2v) is 10.5. The SMILES string of the molecule is O=C(O)c1ccc(N2C3CCC2CC(OCc2c(-c4c(Cl)cccc4Cl)noc2C2CC2)C3)nc1. The fourth-order valence-electron chi connectivity index (χ4n) is 5.55. The summed E-state index contributed by atoms with van der Waals surface area (Å²) in [5, 5.41) is 14.6. The minimum atomic E-state index is -0.962. The van der Waals surface area contributed by atoms with Crippen molar-refractivity contribution in [2.75, 3.05) is 4.90 Å². The van der Waals surface area contributed by atoms with Gasteiger partial charge in [0.15, 0.2) is 0 Å². The number of aromatic nitrogens is 2. The molecule has 0 amide bonds. The van der Waals surface area contributed by atoms with Crippen molar-refractivity contribution in [3.05, 3.63) is 63.5 Å². The number of carboxylic acid groups (broad SMARTS) is 1.